The van der Waals surface area contributed by atoms with E-state index in [1.807, 2.05) is 0 Å². The van der Waals surface area contributed by atoms with Gasteiger partial charge < -0.3 is 9.42 Å². The summed E-state index contributed by atoms with van der Waals surface area (Å²) in [7, 11) is 0. The van der Waals surface area contributed by atoms with E-state index in [-0.39, 0.29) is 6.04 Å². The molecular weight excluding hydrogens is 316 g/mol. The van der Waals surface area contributed by atoms with Crippen LogP contribution in [0.2, 0.25) is 0 Å². The Bertz CT molecular complexity index is 735. The summed E-state index contributed by atoms with van der Waals surface area (Å²) >= 11 is 0. The zero-order chi connectivity index (χ0) is 17.4. The molecule has 3 heterocycles. The molecule has 1 unspecified atom stereocenters. The molecule has 0 spiro atoms. The number of rotatable bonds is 4. The first kappa shape index (κ1) is 16.4. The third-order valence-electron chi connectivity index (χ3n) is 5.34. The molecule has 7 nitrogen and oxygen atoms in total. The summed E-state index contributed by atoms with van der Waals surface area (Å²) in [6.45, 7) is 10.2. The van der Waals surface area contributed by atoms with Gasteiger partial charge in [-0.2, -0.15) is 4.98 Å². The maximum absolute atomic E-state index is 5.48. The summed E-state index contributed by atoms with van der Waals surface area (Å²) < 4.78 is 5.48. The second kappa shape index (κ2) is 6.71. The number of piperazine rings is 1. The van der Waals surface area contributed by atoms with Gasteiger partial charge in [0, 0.05) is 43.4 Å². The summed E-state index contributed by atoms with van der Waals surface area (Å²) in [4.78, 5) is 18.4. The molecule has 0 amide bonds. The highest BCUT2D eigenvalue weighted by Crippen LogP contribution is 2.29. The molecule has 2 aromatic heterocycles. The largest absolute Gasteiger partial charge is 0.354 e. The highest BCUT2D eigenvalue weighted by Gasteiger charge is 2.28. The van der Waals surface area contributed by atoms with E-state index in [1.54, 1.807) is 6.33 Å². The van der Waals surface area contributed by atoms with Gasteiger partial charge in [-0.3, -0.25) is 4.90 Å². The molecule has 1 aliphatic heterocycles. The van der Waals surface area contributed by atoms with E-state index >= 15 is 0 Å². The van der Waals surface area contributed by atoms with Crippen LogP contribution in [-0.2, 0) is 12.8 Å². The number of nitrogens with zero attached hydrogens (tertiary/aromatic N) is 6. The molecule has 4 rings (SSSR count). The van der Waals surface area contributed by atoms with E-state index in [9.17, 15) is 0 Å². The lowest BCUT2D eigenvalue weighted by molar-refractivity contribution is 0.164. The lowest BCUT2D eigenvalue weighted by Gasteiger charge is -2.37. The van der Waals surface area contributed by atoms with Crippen molar-refractivity contribution in [1.82, 2.24) is 25.0 Å². The van der Waals surface area contributed by atoms with Crippen molar-refractivity contribution >= 4 is 5.82 Å². The second-order valence-electron chi connectivity index (χ2n) is 7.32. The number of aryl methyl sites for hydroxylation is 1. The van der Waals surface area contributed by atoms with Gasteiger partial charge in [0.05, 0.1) is 6.04 Å². The maximum atomic E-state index is 5.48. The van der Waals surface area contributed by atoms with Crippen molar-refractivity contribution in [2.75, 3.05) is 31.1 Å². The summed E-state index contributed by atoms with van der Waals surface area (Å²) in [5, 5.41) is 4.09. The van der Waals surface area contributed by atoms with Crippen LogP contribution in [0, 0.1) is 0 Å². The molecule has 1 fully saturated rings. The van der Waals surface area contributed by atoms with E-state index < -0.39 is 0 Å². The standard InChI is InChI=1S/C18H26N6O/c1-12(2)16-21-18(25-22-16)13(3)23-7-9-24(10-8-23)17-14-5-4-6-15(14)19-11-20-17/h11-13H,4-10H2,1-3H3. The van der Waals surface area contributed by atoms with Gasteiger partial charge in [0.1, 0.15) is 12.1 Å². The predicted molar refractivity (Wildman–Crippen MR) is 94.6 cm³/mol. The van der Waals surface area contributed by atoms with Crippen LogP contribution in [0.5, 0.6) is 0 Å². The van der Waals surface area contributed by atoms with Crippen molar-refractivity contribution < 1.29 is 4.52 Å². The van der Waals surface area contributed by atoms with Gasteiger partial charge in [-0.15, -0.1) is 0 Å². The van der Waals surface area contributed by atoms with Crippen LogP contribution in [0.1, 0.15) is 62.1 Å². The number of aromatic nitrogens is 4. The highest BCUT2D eigenvalue weighted by atomic mass is 16.5. The summed E-state index contributed by atoms with van der Waals surface area (Å²) in [6, 6.07) is 0.151. The minimum Gasteiger partial charge on any atom is -0.354 e. The minimum atomic E-state index is 0.151. The van der Waals surface area contributed by atoms with E-state index in [0.717, 1.165) is 56.6 Å². The second-order valence-corrected chi connectivity index (χ2v) is 7.32. The van der Waals surface area contributed by atoms with Gasteiger partial charge in [-0.1, -0.05) is 19.0 Å². The molecule has 0 aromatic carbocycles. The normalized spacial score (nSPS) is 19.4. The Morgan fingerprint density at radius 2 is 1.84 bits per heavy atom. The Labute approximate surface area is 148 Å². The zero-order valence-corrected chi connectivity index (χ0v) is 15.3. The highest BCUT2D eigenvalue weighted by molar-refractivity contribution is 5.50. The molecule has 2 aromatic rings. The zero-order valence-electron chi connectivity index (χ0n) is 15.3. The van der Waals surface area contributed by atoms with Gasteiger partial charge in [0.15, 0.2) is 5.82 Å². The number of hydrogen-bond donors (Lipinski definition) is 0. The van der Waals surface area contributed by atoms with E-state index in [1.165, 1.54) is 17.7 Å². The molecule has 0 bridgehead atoms. The lowest BCUT2D eigenvalue weighted by Crippen LogP contribution is -2.47. The summed E-state index contributed by atoms with van der Waals surface area (Å²) in [6.07, 6.45) is 5.13. The fourth-order valence-electron chi connectivity index (χ4n) is 3.74. The van der Waals surface area contributed by atoms with Crippen LogP contribution in [0.4, 0.5) is 5.82 Å². The Kier molecular flexibility index (Phi) is 4.41. The Hall–Kier alpha value is -2.02. The Morgan fingerprint density at radius 1 is 1.04 bits per heavy atom. The van der Waals surface area contributed by atoms with Gasteiger partial charge in [-0.25, -0.2) is 9.97 Å². The van der Waals surface area contributed by atoms with Crippen LogP contribution < -0.4 is 4.90 Å². The van der Waals surface area contributed by atoms with Gasteiger partial charge in [0.25, 0.3) is 0 Å². The Morgan fingerprint density at radius 3 is 2.56 bits per heavy atom. The van der Waals surface area contributed by atoms with E-state index in [0.29, 0.717) is 5.92 Å². The van der Waals surface area contributed by atoms with Crippen LogP contribution >= 0.6 is 0 Å². The van der Waals surface area contributed by atoms with Gasteiger partial charge >= 0.3 is 0 Å². The average Bonchev–Trinajstić information content (AvgIpc) is 3.30. The molecule has 1 saturated heterocycles. The topological polar surface area (TPSA) is 71.2 Å². The number of hydrogen-bond acceptors (Lipinski definition) is 7. The van der Waals surface area contributed by atoms with Crippen LogP contribution in [-0.4, -0.2) is 51.2 Å². The van der Waals surface area contributed by atoms with Crippen LogP contribution in [0.25, 0.3) is 0 Å². The molecule has 0 radical (unpaired) electrons. The fourth-order valence-corrected chi connectivity index (χ4v) is 3.74. The molecule has 134 valence electrons. The number of fused-ring (bicyclic) bond motifs is 1. The first-order chi connectivity index (χ1) is 12.1. The molecule has 1 atom stereocenters. The third-order valence-corrected chi connectivity index (χ3v) is 5.34. The molecular formula is C18H26N6O. The smallest absolute Gasteiger partial charge is 0.243 e. The SMILES string of the molecule is CC(C)c1noc(C(C)N2CCN(c3ncnc4c3CCC4)CC2)n1. The lowest BCUT2D eigenvalue weighted by atomic mass is 10.2. The van der Waals surface area contributed by atoms with Crippen LogP contribution in [0.3, 0.4) is 0 Å². The van der Waals surface area contributed by atoms with Crippen molar-refractivity contribution in [2.24, 2.45) is 0 Å². The van der Waals surface area contributed by atoms with Crippen LogP contribution in [0.15, 0.2) is 10.9 Å². The minimum absolute atomic E-state index is 0.151. The maximum Gasteiger partial charge on any atom is 0.243 e. The molecule has 0 saturated carbocycles. The first-order valence-electron chi connectivity index (χ1n) is 9.28. The number of anilines is 1. The first-order valence-corrected chi connectivity index (χ1v) is 9.28. The molecule has 1 aliphatic carbocycles. The van der Waals surface area contributed by atoms with Gasteiger partial charge in [0.2, 0.25) is 5.89 Å². The van der Waals surface area contributed by atoms with Crippen molar-refractivity contribution in [2.45, 2.75) is 52.0 Å². The molecule has 7 heteroatoms. The van der Waals surface area contributed by atoms with Crippen molar-refractivity contribution in [3.8, 4) is 0 Å². The van der Waals surface area contributed by atoms with E-state index in [4.69, 9.17) is 4.52 Å². The van der Waals surface area contributed by atoms with E-state index in [2.05, 4.69) is 50.7 Å². The quantitative estimate of drug-likeness (QED) is 0.844. The fraction of sp³-hybridized carbons (Fsp3) is 0.667. The Balaban J connectivity index is 1.42. The van der Waals surface area contributed by atoms with Crippen molar-refractivity contribution in [3.63, 3.8) is 0 Å². The summed E-state index contributed by atoms with van der Waals surface area (Å²) in [5.74, 6) is 2.95. The van der Waals surface area contributed by atoms with Gasteiger partial charge in [-0.05, 0) is 26.2 Å². The molecule has 0 N–H and O–H groups in total. The third kappa shape index (κ3) is 3.13. The molecule has 25 heavy (non-hydrogen) atoms. The monoisotopic (exact) mass is 342 g/mol. The molecule has 2 aliphatic rings. The summed E-state index contributed by atoms with van der Waals surface area (Å²) in [5.41, 5.74) is 2.61. The average molecular weight is 342 g/mol. The van der Waals surface area contributed by atoms with Crippen molar-refractivity contribution in [3.05, 3.63) is 29.3 Å². The van der Waals surface area contributed by atoms with Crippen molar-refractivity contribution in [1.29, 1.82) is 0 Å². The predicted octanol–water partition coefficient (Wildman–Crippen LogP) is 2.35.